The van der Waals surface area contributed by atoms with Crippen LogP contribution in [0.3, 0.4) is 0 Å². The monoisotopic (exact) mass is 430 g/mol. The smallest absolute Gasteiger partial charge is 0.178 e. The minimum Gasteiger partial charge on any atom is -0.390 e. The first-order valence-electron chi connectivity index (χ1n) is 11.0. The summed E-state index contributed by atoms with van der Waals surface area (Å²) < 4.78 is 6.21. The Labute approximate surface area is 177 Å². The van der Waals surface area contributed by atoms with Gasteiger partial charge in [0, 0.05) is 11.8 Å². The van der Waals surface area contributed by atoms with Crippen molar-refractivity contribution < 1.29 is 40.5 Å². The van der Waals surface area contributed by atoms with Crippen LogP contribution in [0.1, 0.15) is 67.7 Å². The average Bonchev–Trinajstić information content (AvgIpc) is 2.71. The second kappa shape index (κ2) is 5.42. The van der Waals surface area contributed by atoms with Gasteiger partial charge in [-0.3, -0.25) is 0 Å². The molecule has 174 valence electrons. The zero-order chi connectivity index (χ0) is 23.1. The first kappa shape index (κ1) is 22.9. The fourth-order valence-corrected chi connectivity index (χ4v) is 8.39. The number of rotatable bonds is 1. The van der Waals surface area contributed by atoms with E-state index < -0.39 is 62.7 Å². The van der Waals surface area contributed by atoms with Gasteiger partial charge in [0.05, 0.1) is 11.5 Å². The molecule has 3 saturated carbocycles. The van der Waals surface area contributed by atoms with Crippen LogP contribution in [0, 0.1) is 22.7 Å². The van der Waals surface area contributed by atoms with Gasteiger partial charge in [-0.15, -0.1) is 0 Å². The number of hydrogen-bond donors (Lipinski definition) is 7. The number of hydrogen-bond acceptors (Lipinski definition) is 8. The average molecular weight is 431 g/mol. The first-order chi connectivity index (χ1) is 13.3. The fraction of sp³-hybridized carbons (Fsp3) is 1.00. The maximum absolute atomic E-state index is 12.2. The van der Waals surface area contributed by atoms with Gasteiger partial charge in [0.25, 0.3) is 0 Å². The van der Waals surface area contributed by atoms with E-state index >= 15 is 0 Å². The lowest BCUT2D eigenvalue weighted by Gasteiger charge is -2.75. The van der Waals surface area contributed by atoms with Crippen LogP contribution in [-0.4, -0.2) is 81.7 Å². The molecule has 0 amide bonds. The molecule has 0 aromatic rings. The van der Waals surface area contributed by atoms with Crippen molar-refractivity contribution in [2.75, 3.05) is 0 Å². The number of aliphatic hydroxyl groups is 7. The highest BCUT2D eigenvalue weighted by Crippen LogP contribution is 2.80. The van der Waals surface area contributed by atoms with E-state index in [0.29, 0.717) is 6.42 Å². The van der Waals surface area contributed by atoms with Crippen molar-refractivity contribution in [3.63, 3.8) is 0 Å². The van der Waals surface area contributed by atoms with Gasteiger partial charge < -0.3 is 40.5 Å². The van der Waals surface area contributed by atoms with E-state index in [2.05, 4.69) is 0 Å². The third-order valence-corrected chi connectivity index (χ3v) is 10.6. The molecule has 4 aliphatic rings. The zero-order valence-electron chi connectivity index (χ0n) is 19.0. The molecule has 0 spiro atoms. The molecular formula is C22H38O8. The molecule has 4 rings (SSSR count). The van der Waals surface area contributed by atoms with Crippen molar-refractivity contribution in [1.82, 2.24) is 0 Å². The highest BCUT2D eigenvalue weighted by atomic mass is 16.7. The number of aliphatic hydroxyl groups excluding tert-OH is 2. The number of ether oxygens (including phenoxy) is 1. The highest BCUT2D eigenvalue weighted by molar-refractivity contribution is 5.43. The maximum atomic E-state index is 12.2. The molecule has 1 heterocycles. The van der Waals surface area contributed by atoms with E-state index in [0.717, 1.165) is 0 Å². The molecule has 0 radical (unpaired) electrons. The lowest BCUT2D eigenvalue weighted by atomic mass is 9.40. The normalized spacial score (nSPS) is 67.5. The Morgan fingerprint density at radius 1 is 0.933 bits per heavy atom. The van der Waals surface area contributed by atoms with Gasteiger partial charge >= 0.3 is 0 Å². The zero-order valence-corrected chi connectivity index (χ0v) is 19.0. The maximum Gasteiger partial charge on any atom is 0.178 e. The largest absolute Gasteiger partial charge is 0.390 e. The van der Waals surface area contributed by atoms with Gasteiger partial charge in [-0.05, 0) is 45.4 Å². The van der Waals surface area contributed by atoms with Crippen LogP contribution < -0.4 is 0 Å². The minimum absolute atomic E-state index is 0.121. The molecule has 1 saturated heterocycles. The Bertz CT molecular complexity index is 787. The van der Waals surface area contributed by atoms with Crippen molar-refractivity contribution in [3.05, 3.63) is 0 Å². The van der Waals surface area contributed by atoms with E-state index in [1.807, 2.05) is 6.92 Å². The summed E-state index contributed by atoms with van der Waals surface area (Å²) in [5, 5.41) is 82.5. The van der Waals surface area contributed by atoms with Gasteiger partial charge in [0.1, 0.15) is 34.1 Å². The fourth-order valence-electron chi connectivity index (χ4n) is 8.39. The van der Waals surface area contributed by atoms with Crippen molar-refractivity contribution in [2.24, 2.45) is 22.7 Å². The van der Waals surface area contributed by atoms with Crippen molar-refractivity contribution in [3.8, 4) is 0 Å². The van der Waals surface area contributed by atoms with E-state index in [9.17, 15) is 35.7 Å². The van der Waals surface area contributed by atoms with Gasteiger partial charge in [-0.1, -0.05) is 27.7 Å². The molecule has 7 N–H and O–H groups in total. The summed E-state index contributed by atoms with van der Waals surface area (Å²) in [4.78, 5) is 0. The molecule has 11 unspecified atom stereocenters. The summed E-state index contributed by atoms with van der Waals surface area (Å²) in [7, 11) is 0. The second-order valence-electron chi connectivity index (χ2n) is 11.7. The SMILES string of the molecule is CC1CCC2(O)C(C)(OC3(O)CC2(C)C2(O)C(O)C(O)(C(C)C)C3(C)C2(C)O)C1O. The van der Waals surface area contributed by atoms with E-state index in [4.69, 9.17) is 4.74 Å². The molecule has 3 aliphatic carbocycles. The van der Waals surface area contributed by atoms with Crippen LogP contribution in [-0.2, 0) is 4.74 Å². The molecule has 4 fully saturated rings. The van der Waals surface area contributed by atoms with Crippen LogP contribution >= 0.6 is 0 Å². The molecule has 4 bridgehead atoms. The molecule has 0 aromatic heterocycles. The Morgan fingerprint density at radius 2 is 1.47 bits per heavy atom. The lowest BCUT2D eigenvalue weighted by molar-refractivity contribution is -0.494. The van der Waals surface area contributed by atoms with Crippen molar-refractivity contribution >= 4 is 0 Å². The Balaban J connectivity index is 2.13. The topological polar surface area (TPSA) is 151 Å². The Kier molecular flexibility index (Phi) is 4.13. The summed E-state index contributed by atoms with van der Waals surface area (Å²) >= 11 is 0. The Hall–Kier alpha value is -0.320. The second-order valence-corrected chi connectivity index (χ2v) is 11.7. The highest BCUT2D eigenvalue weighted by Gasteiger charge is 2.96. The Morgan fingerprint density at radius 3 is 1.97 bits per heavy atom. The van der Waals surface area contributed by atoms with Crippen LogP contribution in [0.25, 0.3) is 0 Å². The van der Waals surface area contributed by atoms with E-state index in [1.54, 1.807) is 13.8 Å². The molecule has 11 atom stereocenters. The van der Waals surface area contributed by atoms with Crippen LogP contribution in [0.15, 0.2) is 0 Å². The summed E-state index contributed by atoms with van der Waals surface area (Å²) in [5.74, 6) is -3.20. The van der Waals surface area contributed by atoms with Crippen LogP contribution in [0.2, 0.25) is 0 Å². The minimum atomic E-state index is -2.40. The molecule has 8 heteroatoms. The summed E-state index contributed by atoms with van der Waals surface area (Å²) in [6, 6.07) is 0. The molecular weight excluding hydrogens is 392 g/mol. The summed E-state index contributed by atoms with van der Waals surface area (Å²) in [5.41, 5.74) is -14.1. The molecule has 30 heavy (non-hydrogen) atoms. The lowest BCUT2D eigenvalue weighted by Crippen LogP contribution is -2.89. The van der Waals surface area contributed by atoms with Gasteiger partial charge in [-0.2, -0.15) is 0 Å². The van der Waals surface area contributed by atoms with E-state index in [1.165, 1.54) is 27.7 Å². The van der Waals surface area contributed by atoms with E-state index in [-0.39, 0.29) is 18.8 Å². The molecule has 0 aromatic carbocycles. The molecule has 8 nitrogen and oxygen atoms in total. The standard InChI is InChI=1S/C22H38O8/c1-11(2)21(28)14(24)22(29)15(4)10-20(27,17(21,6)18(22,7)25)30-16(5)13(23)12(3)8-9-19(15,16)26/h11-14,23-29H,8-10H2,1-7H3. The third-order valence-electron chi connectivity index (χ3n) is 10.6. The van der Waals surface area contributed by atoms with Gasteiger partial charge in [0.2, 0.25) is 0 Å². The van der Waals surface area contributed by atoms with Gasteiger partial charge in [-0.25, -0.2) is 0 Å². The third kappa shape index (κ3) is 1.67. The quantitative estimate of drug-likeness (QED) is 0.298. The van der Waals surface area contributed by atoms with Gasteiger partial charge in [0.15, 0.2) is 5.79 Å². The van der Waals surface area contributed by atoms with Crippen LogP contribution in [0.4, 0.5) is 0 Å². The predicted molar refractivity (Wildman–Crippen MR) is 106 cm³/mol. The number of fused-ring (bicyclic) bond motifs is 8. The van der Waals surface area contributed by atoms with Crippen molar-refractivity contribution in [1.29, 1.82) is 0 Å². The van der Waals surface area contributed by atoms with Crippen molar-refractivity contribution in [2.45, 2.75) is 114 Å². The van der Waals surface area contributed by atoms with Crippen LogP contribution in [0.5, 0.6) is 0 Å². The molecule has 1 aliphatic heterocycles. The first-order valence-corrected chi connectivity index (χ1v) is 11.0. The predicted octanol–water partition coefficient (Wildman–Crippen LogP) is -0.354. The summed E-state index contributed by atoms with van der Waals surface area (Å²) in [6.45, 7) is 10.8. The summed E-state index contributed by atoms with van der Waals surface area (Å²) in [6.07, 6.45) is -2.86.